The number of nitrogens with one attached hydrogen (secondary N) is 1. The molecule has 1 aromatic carbocycles. The number of rotatable bonds is 3. The van der Waals surface area contributed by atoms with Crippen molar-refractivity contribution >= 4 is 11.7 Å². The Morgan fingerprint density at radius 2 is 1.64 bits per heavy atom. The summed E-state index contributed by atoms with van der Waals surface area (Å²) in [5, 5.41) is 3.05. The van der Waals surface area contributed by atoms with Crippen LogP contribution in [-0.2, 0) is 6.54 Å². The predicted octanol–water partition coefficient (Wildman–Crippen LogP) is 3.36. The summed E-state index contributed by atoms with van der Waals surface area (Å²) in [6, 6.07) is 8.16. The Balaban J connectivity index is 1.53. The molecule has 3 rings (SSSR count). The number of hydrogen-bond donors (Lipinski definition) is 1. The van der Waals surface area contributed by atoms with Gasteiger partial charge in [0.05, 0.1) is 0 Å². The van der Waals surface area contributed by atoms with E-state index in [0.29, 0.717) is 0 Å². The lowest BCUT2D eigenvalue weighted by Gasteiger charge is -2.34. The highest BCUT2D eigenvalue weighted by Crippen LogP contribution is 2.19. The highest BCUT2D eigenvalue weighted by Gasteiger charge is 2.21. The third-order valence-electron chi connectivity index (χ3n) is 4.99. The molecule has 0 aliphatic carbocycles. The zero-order chi connectivity index (χ0) is 17.8. The monoisotopic (exact) mass is 338 g/mol. The molecule has 1 aliphatic rings. The van der Waals surface area contributed by atoms with Gasteiger partial charge in [0.2, 0.25) is 0 Å². The van der Waals surface area contributed by atoms with Gasteiger partial charge in [0.15, 0.2) is 0 Å². The van der Waals surface area contributed by atoms with E-state index in [1.54, 1.807) is 0 Å². The van der Waals surface area contributed by atoms with Gasteiger partial charge in [0.25, 0.3) is 0 Å². The van der Waals surface area contributed by atoms with Gasteiger partial charge in [0, 0.05) is 50.8 Å². The summed E-state index contributed by atoms with van der Waals surface area (Å²) in [6.45, 7) is 10.5. The minimum absolute atomic E-state index is 0.00814. The number of aromatic nitrogens is 1. The van der Waals surface area contributed by atoms with Crippen molar-refractivity contribution in [2.24, 2.45) is 0 Å². The van der Waals surface area contributed by atoms with E-state index >= 15 is 0 Å². The second-order valence-electron chi connectivity index (χ2n) is 6.78. The van der Waals surface area contributed by atoms with Crippen molar-refractivity contribution in [1.82, 2.24) is 14.8 Å². The predicted molar refractivity (Wildman–Crippen MR) is 101 cm³/mol. The summed E-state index contributed by atoms with van der Waals surface area (Å²) in [6.07, 6.45) is 3.65. The molecule has 0 unspecified atom stereocenters. The molecule has 0 saturated carbocycles. The molecule has 0 bridgehead atoms. The number of benzene rings is 1. The molecule has 5 nitrogen and oxygen atoms in total. The van der Waals surface area contributed by atoms with E-state index in [1.807, 2.05) is 41.6 Å². The molecule has 25 heavy (non-hydrogen) atoms. The fourth-order valence-electron chi connectivity index (χ4n) is 3.17. The first-order valence-electron chi connectivity index (χ1n) is 8.78. The smallest absolute Gasteiger partial charge is 0.321 e. The summed E-state index contributed by atoms with van der Waals surface area (Å²) in [4.78, 5) is 20.9. The molecule has 1 N–H and O–H groups in total. The van der Waals surface area contributed by atoms with E-state index in [0.717, 1.165) is 38.4 Å². The Labute approximate surface area is 149 Å². The molecule has 132 valence electrons. The van der Waals surface area contributed by atoms with Gasteiger partial charge in [0.1, 0.15) is 0 Å². The molecule has 2 aromatic rings. The summed E-state index contributed by atoms with van der Waals surface area (Å²) >= 11 is 0. The number of aryl methyl sites for hydroxylation is 2. The van der Waals surface area contributed by atoms with Crippen molar-refractivity contribution < 1.29 is 4.79 Å². The van der Waals surface area contributed by atoms with Crippen LogP contribution in [0.5, 0.6) is 0 Å². The third-order valence-corrected chi connectivity index (χ3v) is 4.99. The van der Waals surface area contributed by atoms with Crippen molar-refractivity contribution in [3.8, 4) is 0 Å². The maximum absolute atomic E-state index is 12.5. The zero-order valence-electron chi connectivity index (χ0n) is 15.2. The Hall–Kier alpha value is -2.40. The summed E-state index contributed by atoms with van der Waals surface area (Å²) < 4.78 is 0. The number of anilines is 1. The summed E-state index contributed by atoms with van der Waals surface area (Å²) in [5.74, 6) is 0. The lowest BCUT2D eigenvalue weighted by atomic mass is 10.0. The molecule has 0 radical (unpaired) electrons. The fraction of sp³-hybridized carbons (Fsp3) is 0.400. The van der Waals surface area contributed by atoms with Crippen LogP contribution in [0.2, 0.25) is 0 Å². The van der Waals surface area contributed by atoms with Crippen LogP contribution >= 0.6 is 0 Å². The van der Waals surface area contributed by atoms with Crippen molar-refractivity contribution in [2.45, 2.75) is 27.3 Å². The van der Waals surface area contributed by atoms with Crippen LogP contribution in [0.1, 0.15) is 22.3 Å². The van der Waals surface area contributed by atoms with Crippen molar-refractivity contribution in [2.75, 3.05) is 31.5 Å². The molecule has 1 saturated heterocycles. The van der Waals surface area contributed by atoms with Crippen LogP contribution in [0.25, 0.3) is 0 Å². The molecule has 0 spiro atoms. The van der Waals surface area contributed by atoms with Crippen LogP contribution in [0.4, 0.5) is 10.5 Å². The molecular formula is C20H26N4O. The van der Waals surface area contributed by atoms with Crippen LogP contribution in [-0.4, -0.2) is 47.0 Å². The van der Waals surface area contributed by atoms with Gasteiger partial charge in [-0.2, -0.15) is 0 Å². The third kappa shape index (κ3) is 4.37. The van der Waals surface area contributed by atoms with Gasteiger partial charge >= 0.3 is 6.03 Å². The first kappa shape index (κ1) is 17.4. The van der Waals surface area contributed by atoms with E-state index in [4.69, 9.17) is 0 Å². The number of urea groups is 1. The largest absolute Gasteiger partial charge is 0.322 e. The van der Waals surface area contributed by atoms with Crippen LogP contribution in [0.3, 0.4) is 0 Å². The maximum atomic E-state index is 12.5. The van der Waals surface area contributed by atoms with Crippen molar-refractivity contribution in [3.05, 3.63) is 58.9 Å². The molecular weight excluding hydrogens is 312 g/mol. The van der Waals surface area contributed by atoms with Crippen LogP contribution in [0, 0.1) is 20.8 Å². The van der Waals surface area contributed by atoms with Gasteiger partial charge in [-0.25, -0.2) is 4.79 Å². The number of nitrogens with zero attached hydrogens (tertiary/aromatic N) is 3. The second-order valence-corrected chi connectivity index (χ2v) is 6.78. The van der Waals surface area contributed by atoms with Gasteiger partial charge in [-0.15, -0.1) is 0 Å². The van der Waals surface area contributed by atoms with E-state index in [-0.39, 0.29) is 6.03 Å². The topological polar surface area (TPSA) is 48.5 Å². The Morgan fingerprint density at radius 3 is 2.24 bits per heavy atom. The molecule has 2 heterocycles. The molecule has 1 aliphatic heterocycles. The van der Waals surface area contributed by atoms with Crippen LogP contribution < -0.4 is 5.32 Å². The molecule has 2 amide bonds. The zero-order valence-corrected chi connectivity index (χ0v) is 15.2. The molecule has 0 atom stereocenters. The fourth-order valence-corrected chi connectivity index (χ4v) is 3.17. The van der Waals surface area contributed by atoms with Crippen LogP contribution in [0.15, 0.2) is 36.7 Å². The molecule has 1 aromatic heterocycles. The normalized spacial score (nSPS) is 15.2. The number of carbonyl (C=O) groups excluding carboxylic acids is 1. The summed E-state index contributed by atoms with van der Waals surface area (Å²) in [7, 11) is 0. The Morgan fingerprint density at radius 1 is 1.04 bits per heavy atom. The number of pyridine rings is 1. The van der Waals surface area contributed by atoms with Gasteiger partial charge < -0.3 is 10.2 Å². The van der Waals surface area contributed by atoms with Gasteiger partial charge in [-0.05, 0) is 67.3 Å². The first-order valence-corrected chi connectivity index (χ1v) is 8.78. The minimum atomic E-state index is -0.00814. The average molecular weight is 338 g/mol. The number of carbonyl (C=O) groups is 1. The van der Waals surface area contributed by atoms with Crippen molar-refractivity contribution in [3.63, 3.8) is 0 Å². The van der Waals surface area contributed by atoms with E-state index in [1.165, 1.54) is 22.3 Å². The number of piperazine rings is 1. The standard InChI is InChI=1S/C20H26N4O/c1-15-12-19(13-16(2)17(15)3)22-20(25)24-10-8-23(9-11-24)14-18-4-6-21-7-5-18/h4-7,12-13H,8-11,14H2,1-3H3,(H,22,25). The lowest BCUT2D eigenvalue weighted by Crippen LogP contribution is -2.49. The van der Waals surface area contributed by atoms with Crippen molar-refractivity contribution in [1.29, 1.82) is 0 Å². The highest BCUT2D eigenvalue weighted by atomic mass is 16.2. The first-order chi connectivity index (χ1) is 12.0. The highest BCUT2D eigenvalue weighted by molar-refractivity contribution is 5.89. The quantitative estimate of drug-likeness (QED) is 0.933. The number of amides is 2. The Kier molecular flexibility index (Phi) is 5.34. The van der Waals surface area contributed by atoms with Gasteiger partial charge in [-0.1, -0.05) is 0 Å². The van der Waals surface area contributed by atoms with E-state index < -0.39 is 0 Å². The molecule has 5 heteroatoms. The van der Waals surface area contributed by atoms with E-state index in [9.17, 15) is 4.79 Å². The van der Waals surface area contributed by atoms with Gasteiger partial charge in [-0.3, -0.25) is 9.88 Å². The number of hydrogen-bond acceptors (Lipinski definition) is 3. The average Bonchev–Trinajstić information content (AvgIpc) is 2.61. The maximum Gasteiger partial charge on any atom is 0.321 e. The van der Waals surface area contributed by atoms with E-state index in [2.05, 4.69) is 36.0 Å². The SMILES string of the molecule is Cc1cc(NC(=O)N2CCN(Cc3ccncc3)CC2)cc(C)c1C. The lowest BCUT2D eigenvalue weighted by molar-refractivity contribution is 0.143. The minimum Gasteiger partial charge on any atom is -0.322 e. The second kappa shape index (κ2) is 7.66. The Bertz CT molecular complexity index is 714. The molecule has 1 fully saturated rings. The summed E-state index contributed by atoms with van der Waals surface area (Å²) in [5.41, 5.74) is 5.83.